The van der Waals surface area contributed by atoms with E-state index in [9.17, 15) is 4.79 Å². The third-order valence-corrected chi connectivity index (χ3v) is 2.36. The smallest absolute Gasteiger partial charge is 0.407 e. The van der Waals surface area contributed by atoms with E-state index in [0.29, 0.717) is 6.61 Å². The van der Waals surface area contributed by atoms with Crippen LogP contribution < -0.4 is 5.32 Å². The Labute approximate surface area is 87.2 Å². The van der Waals surface area contributed by atoms with Gasteiger partial charge >= 0.3 is 6.09 Å². The number of alkyl carbamates (subject to hydrolysis) is 1. The molecule has 0 aliphatic carbocycles. The Morgan fingerprint density at radius 2 is 2.00 bits per heavy atom. The predicted octanol–water partition coefficient (Wildman–Crippen LogP) is 2.95. The van der Waals surface area contributed by atoms with E-state index in [1.54, 1.807) is 0 Å². The van der Waals surface area contributed by atoms with Crippen molar-refractivity contribution in [3.05, 3.63) is 0 Å². The minimum atomic E-state index is -0.305. The highest BCUT2D eigenvalue weighted by molar-refractivity contribution is 5.67. The minimum absolute atomic E-state index is 0.0732. The van der Waals surface area contributed by atoms with Gasteiger partial charge in [0.2, 0.25) is 0 Å². The topological polar surface area (TPSA) is 38.3 Å². The van der Waals surface area contributed by atoms with E-state index in [1.807, 2.05) is 6.92 Å². The summed E-state index contributed by atoms with van der Waals surface area (Å²) in [5, 5.41) is 2.82. The fourth-order valence-corrected chi connectivity index (χ4v) is 0.744. The normalized spacial score (nSPS) is 13.5. The fraction of sp³-hybridized carbons (Fsp3) is 0.909. The van der Waals surface area contributed by atoms with Crippen LogP contribution in [0.25, 0.3) is 0 Å². The number of rotatable bonds is 4. The molecule has 0 bridgehead atoms. The summed E-state index contributed by atoms with van der Waals surface area (Å²) in [6.45, 7) is 10.8. The number of ether oxygens (including phenoxy) is 1. The van der Waals surface area contributed by atoms with E-state index >= 15 is 0 Å². The van der Waals surface area contributed by atoms with Crippen LogP contribution in [0.1, 0.15) is 47.5 Å². The fourth-order valence-electron chi connectivity index (χ4n) is 0.744. The lowest BCUT2D eigenvalue weighted by molar-refractivity contribution is 0.133. The molecule has 0 saturated heterocycles. The van der Waals surface area contributed by atoms with Crippen molar-refractivity contribution in [2.45, 2.75) is 53.5 Å². The third kappa shape index (κ3) is 5.84. The minimum Gasteiger partial charge on any atom is -0.450 e. The zero-order chi connectivity index (χ0) is 11.2. The molecule has 1 amide bonds. The number of hydrogen-bond acceptors (Lipinski definition) is 2. The molecule has 0 aromatic rings. The van der Waals surface area contributed by atoms with Gasteiger partial charge in [-0.3, -0.25) is 0 Å². The van der Waals surface area contributed by atoms with Crippen LogP contribution in [0.4, 0.5) is 4.79 Å². The van der Waals surface area contributed by atoms with Crippen molar-refractivity contribution in [2.24, 2.45) is 5.41 Å². The monoisotopic (exact) mass is 201 g/mol. The Hall–Kier alpha value is -0.730. The lowest BCUT2D eigenvalue weighted by Crippen LogP contribution is -2.41. The second kappa shape index (κ2) is 5.89. The van der Waals surface area contributed by atoms with Gasteiger partial charge in [0.25, 0.3) is 0 Å². The molecular formula is C11H23NO2. The highest BCUT2D eigenvalue weighted by Crippen LogP contribution is 2.18. The van der Waals surface area contributed by atoms with Crippen LogP contribution in [0.5, 0.6) is 0 Å². The number of unbranched alkanes of at least 4 members (excludes halogenated alkanes) is 1. The predicted molar refractivity (Wildman–Crippen MR) is 58.3 cm³/mol. The third-order valence-electron chi connectivity index (χ3n) is 2.36. The molecule has 0 heterocycles. The van der Waals surface area contributed by atoms with Crippen LogP contribution in [0, 0.1) is 5.41 Å². The molecule has 0 spiro atoms. The van der Waals surface area contributed by atoms with E-state index < -0.39 is 0 Å². The molecule has 3 heteroatoms. The van der Waals surface area contributed by atoms with E-state index in [-0.39, 0.29) is 17.6 Å². The number of carbonyl (C=O) groups is 1. The quantitative estimate of drug-likeness (QED) is 0.710. The van der Waals surface area contributed by atoms with Crippen LogP contribution in [0.2, 0.25) is 0 Å². The van der Waals surface area contributed by atoms with Crippen molar-refractivity contribution in [2.75, 3.05) is 6.61 Å². The average Bonchev–Trinajstić information content (AvgIpc) is 2.03. The van der Waals surface area contributed by atoms with Crippen molar-refractivity contribution >= 4 is 6.09 Å². The van der Waals surface area contributed by atoms with Crippen LogP contribution in [0.15, 0.2) is 0 Å². The highest BCUT2D eigenvalue weighted by Gasteiger charge is 2.21. The molecule has 0 fully saturated rings. The largest absolute Gasteiger partial charge is 0.450 e. The van der Waals surface area contributed by atoms with Gasteiger partial charge in [0.15, 0.2) is 0 Å². The summed E-state index contributed by atoms with van der Waals surface area (Å²) >= 11 is 0. The number of carbonyl (C=O) groups excluding carboxylic acids is 1. The first-order valence-corrected chi connectivity index (χ1v) is 5.31. The van der Waals surface area contributed by atoms with Crippen LogP contribution in [-0.2, 0) is 4.74 Å². The summed E-state index contributed by atoms with van der Waals surface area (Å²) in [6.07, 6.45) is 1.67. The molecular weight excluding hydrogens is 178 g/mol. The molecule has 1 atom stereocenters. The Balaban J connectivity index is 3.72. The number of hydrogen-bond donors (Lipinski definition) is 1. The zero-order valence-corrected chi connectivity index (χ0v) is 10.0. The molecule has 84 valence electrons. The van der Waals surface area contributed by atoms with Crippen LogP contribution in [0.3, 0.4) is 0 Å². The van der Waals surface area contributed by atoms with Gasteiger partial charge in [0, 0.05) is 6.04 Å². The molecule has 0 aliphatic rings. The van der Waals surface area contributed by atoms with Gasteiger partial charge in [-0.05, 0) is 18.8 Å². The summed E-state index contributed by atoms with van der Waals surface area (Å²) in [5.74, 6) is 0. The Kier molecular flexibility index (Phi) is 5.58. The lowest BCUT2D eigenvalue weighted by Gasteiger charge is -2.27. The molecule has 0 radical (unpaired) electrons. The Morgan fingerprint density at radius 3 is 2.43 bits per heavy atom. The second-order valence-corrected chi connectivity index (χ2v) is 4.72. The van der Waals surface area contributed by atoms with Crippen molar-refractivity contribution in [3.63, 3.8) is 0 Å². The van der Waals surface area contributed by atoms with Gasteiger partial charge < -0.3 is 10.1 Å². The maximum Gasteiger partial charge on any atom is 0.407 e. The Bertz CT molecular complexity index is 173. The molecule has 0 saturated carbocycles. The summed E-state index contributed by atoms with van der Waals surface area (Å²) in [6, 6.07) is 0.122. The van der Waals surface area contributed by atoms with Crippen molar-refractivity contribution in [3.8, 4) is 0 Å². The van der Waals surface area contributed by atoms with E-state index in [1.165, 1.54) is 0 Å². The molecule has 0 rings (SSSR count). The van der Waals surface area contributed by atoms with Gasteiger partial charge in [-0.25, -0.2) is 4.79 Å². The van der Waals surface area contributed by atoms with Gasteiger partial charge in [-0.15, -0.1) is 0 Å². The van der Waals surface area contributed by atoms with Gasteiger partial charge in [-0.2, -0.15) is 0 Å². The first-order chi connectivity index (χ1) is 6.38. The molecule has 0 aromatic carbocycles. The summed E-state index contributed by atoms with van der Waals surface area (Å²) in [7, 11) is 0. The summed E-state index contributed by atoms with van der Waals surface area (Å²) < 4.78 is 5.00. The maximum atomic E-state index is 11.2. The standard InChI is InChI=1S/C11H23NO2/c1-6-7-8-14-10(13)12-9(2)11(3,4)5/h9H,6-8H2,1-5H3,(H,12,13). The van der Waals surface area contributed by atoms with Crippen LogP contribution >= 0.6 is 0 Å². The molecule has 0 aliphatic heterocycles. The van der Waals surface area contributed by atoms with E-state index in [0.717, 1.165) is 12.8 Å². The van der Waals surface area contributed by atoms with E-state index in [4.69, 9.17) is 4.74 Å². The maximum absolute atomic E-state index is 11.2. The molecule has 14 heavy (non-hydrogen) atoms. The highest BCUT2D eigenvalue weighted by atomic mass is 16.5. The summed E-state index contributed by atoms with van der Waals surface area (Å²) in [4.78, 5) is 11.2. The Morgan fingerprint density at radius 1 is 1.43 bits per heavy atom. The van der Waals surface area contributed by atoms with Gasteiger partial charge in [0.1, 0.15) is 0 Å². The molecule has 3 nitrogen and oxygen atoms in total. The summed E-state index contributed by atoms with van der Waals surface area (Å²) in [5.41, 5.74) is 0.0732. The lowest BCUT2D eigenvalue weighted by atomic mass is 9.88. The average molecular weight is 201 g/mol. The number of nitrogens with one attached hydrogen (secondary N) is 1. The van der Waals surface area contributed by atoms with Crippen molar-refractivity contribution < 1.29 is 9.53 Å². The van der Waals surface area contributed by atoms with Gasteiger partial charge in [0.05, 0.1) is 6.61 Å². The SMILES string of the molecule is CCCCOC(=O)NC(C)C(C)(C)C. The number of amides is 1. The first-order valence-electron chi connectivity index (χ1n) is 5.31. The van der Waals surface area contributed by atoms with Gasteiger partial charge in [-0.1, -0.05) is 34.1 Å². The van der Waals surface area contributed by atoms with Crippen molar-refractivity contribution in [1.82, 2.24) is 5.32 Å². The zero-order valence-electron chi connectivity index (χ0n) is 10.0. The van der Waals surface area contributed by atoms with Crippen molar-refractivity contribution in [1.29, 1.82) is 0 Å². The molecule has 1 unspecified atom stereocenters. The molecule has 1 N–H and O–H groups in total. The molecule has 0 aromatic heterocycles. The van der Waals surface area contributed by atoms with Crippen LogP contribution in [-0.4, -0.2) is 18.7 Å². The first kappa shape index (κ1) is 13.3. The second-order valence-electron chi connectivity index (χ2n) is 4.72. The van der Waals surface area contributed by atoms with E-state index in [2.05, 4.69) is 33.0 Å².